The highest BCUT2D eigenvalue weighted by Crippen LogP contribution is 2.16. The molecule has 0 atom stereocenters. The molecule has 3 heterocycles. The van der Waals surface area contributed by atoms with Gasteiger partial charge in [-0.05, 0) is 62.6 Å². The Morgan fingerprint density at radius 2 is 1.67 bits per heavy atom. The molecule has 0 bridgehead atoms. The van der Waals surface area contributed by atoms with Crippen LogP contribution in [0.5, 0.6) is 0 Å². The number of rotatable bonds is 9. The van der Waals surface area contributed by atoms with Crippen molar-refractivity contribution in [3.8, 4) is 11.4 Å². The van der Waals surface area contributed by atoms with Crippen LogP contribution < -0.4 is 0 Å². The molecule has 0 aliphatic heterocycles. The molecule has 1 aromatic carbocycles. The number of pyridine rings is 2. The molecule has 0 unspecified atom stereocenters. The van der Waals surface area contributed by atoms with Crippen molar-refractivity contribution in [1.82, 2.24) is 19.9 Å². The number of hydrogen-bond donors (Lipinski definition) is 0. The average molecular weight is 438 g/mol. The molecule has 4 aromatic rings. The second-order valence-corrected chi connectivity index (χ2v) is 7.81. The Morgan fingerprint density at radius 3 is 2.52 bits per heavy atom. The standard InChI is InChI=1S/C27H27N5O/c1-20-9-6-14-24(29-20)21(2)32-33-18-8-13-23-12-7-15-25(30-23)26-16-17-28-27(31-26)19-22-10-4-3-5-11-22/h3-7,9-12,14-17H,8,13,18-19H2,1-2H3/b32-21+. The van der Waals surface area contributed by atoms with Gasteiger partial charge in [0.1, 0.15) is 18.1 Å². The predicted molar refractivity (Wildman–Crippen MR) is 130 cm³/mol. The number of nitrogens with zero attached hydrogens (tertiary/aromatic N) is 5. The monoisotopic (exact) mass is 437 g/mol. The minimum atomic E-state index is 0.518. The molecular formula is C27H27N5O. The average Bonchev–Trinajstić information content (AvgIpc) is 2.85. The zero-order valence-corrected chi connectivity index (χ0v) is 19.0. The quantitative estimate of drug-likeness (QED) is 0.204. The zero-order valence-electron chi connectivity index (χ0n) is 19.0. The van der Waals surface area contributed by atoms with Gasteiger partial charge >= 0.3 is 0 Å². The minimum Gasteiger partial charge on any atom is -0.396 e. The molecule has 3 aromatic heterocycles. The van der Waals surface area contributed by atoms with Crippen LogP contribution in [0.3, 0.4) is 0 Å². The summed E-state index contributed by atoms with van der Waals surface area (Å²) < 4.78 is 0. The smallest absolute Gasteiger partial charge is 0.133 e. The third-order valence-electron chi connectivity index (χ3n) is 5.11. The summed E-state index contributed by atoms with van der Waals surface area (Å²) >= 11 is 0. The van der Waals surface area contributed by atoms with Gasteiger partial charge in [-0.15, -0.1) is 0 Å². The zero-order chi connectivity index (χ0) is 22.9. The Balaban J connectivity index is 1.33. The van der Waals surface area contributed by atoms with Crippen molar-refractivity contribution in [3.63, 3.8) is 0 Å². The summed E-state index contributed by atoms with van der Waals surface area (Å²) in [6.45, 7) is 4.38. The van der Waals surface area contributed by atoms with Crippen LogP contribution in [0.15, 0.2) is 84.1 Å². The molecule has 0 saturated heterocycles. The fourth-order valence-electron chi connectivity index (χ4n) is 3.42. The molecule has 0 amide bonds. The van der Waals surface area contributed by atoms with E-state index in [1.807, 2.05) is 74.5 Å². The van der Waals surface area contributed by atoms with Gasteiger partial charge in [0.05, 0.1) is 17.1 Å². The maximum atomic E-state index is 5.50. The second kappa shape index (κ2) is 11.1. The maximum absolute atomic E-state index is 5.50. The highest BCUT2D eigenvalue weighted by Gasteiger charge is 2.06. The summed E-state index contributed by atoms with van der Waals surface area (Å²) in [6.07, 6.45) is 4.11. The summed E-state index contributed by atoms with van der Waals surface area (Å²) in [7, 11) is 0. The first-order valence-corrected chi connectivity index (χ1v) is 11.1. The highest BCUT2D eigenvalue weighted by molar-refractivity contribution is 5.96. The molecule has 166 valence electrons. The third kappa shape index (κ3) is 6.53. The topological polar surface area (TPSA) is 73.2 Å². The molecular weight excluding hydrogens is 410 g/mol. The van der Waals surface area contributed by atoms with Crippen LogP contribution in [0.1, 0.15) is 41.8 Å². The van der Waals surface area contributed by atoms with E-state index in [1.165, 1.54) is 5.56 Å². The Bertz CT molecular complexity index is 1220. The van der Waals surface area contributed by atoms with Gasteiger partial charge in [-0.3, -0.25) is 9.97 Å². The number of aromatic nitrogens is 4. The molecule has 0 N–H and O–H groups in total. The van der Waals surface area contributed by atoms with E-state index in [0.717, 1.165) is 52.8 Å². The third-order valence-corrected chi connectivity index (χ3v) is 5.11. The van der Waals surface area contributed by atoms with E-state index in [4.69, 9.17) is 14.8 Å². The lowest BCUT2D eigenvalue weighted by molar-refractivity contribution is 0.141. The van der Waals surface area contributed by atoms with Crippen molar-refractivity contribution in [2.45, 2.75) is 33.1 Å². The van der Waals surface area contributed by atoms with Gasteiger partial charge in [-0.2, -0.15) is 0 Å². The van der Waals surface area contributed by atoms with Crippen LogP contribution in [-0.2, 0) is 17.7 Å². The van der Waals surface area contributed by atoms with Crippen LogP contribution in [0.2, 0.25) is 0 Å². The van der Waals surface area contributed by atoms with E-state index in [-0.39, 0.29) is 0 Å². The minimum absolute atomic E-state index is 0.518. The van der Waals surface area contributed by atoms with Crippen molar-refractivity contribution in [2.24, 2.45) is 5.16 Å². The molecule has 0 saturated carbocycles. The van der Waals surface area contributed by atoms with Gasteiger partial charge in [0.25, 0.3) is 0 Å². The SMILES string of the molecule is C/C(=N\OCCCc1cccc(-c2ccnc(Cc3ccccc3)n2)n1)c1cccc(C)n1. The molecule has 0 radical (unpaired) electrons. The van der Waals surface area contributed by atoms with E-state index >= 15 is 0 Å². The molecule has 4 rings (SSSR count). The predicted octanol–water partition coefficient (Wildman–Crippen LogP) is 5.21. The van der Waals surface area contributed by atoms with Crippen LogP contribution in [0, 0.1) is 6.92 Å². The van der Waals surface area contributed by atoms with E-state index in [9.17, 15) is 0 Å². The molecule has 0 fully saturated rings. The van der Waals surface area contributed by atoms with Crippen LogP contribution in [0.25, 0.3) is 11.4 Å². The van der Waals surface area contributed by atoms with Gasteiger partial charge < -0.3 is 4.84 Å². The molecule has 0 aliphatic rings. The Morgan fingerprint density at radius 1 is 0.848 bits per heavy atom. The lowest BCUT2D eigenvalue weighted by Gasteiger charge is -2.06. The Hall–Kier alpha value is -3.93. The highest BCUT2D eigenvalue weighted by atomic mass is 16.6. The molecule has 6 nitrogen and oxygen atoms in total. The summed E-state index contributed by atoms with van der Waals surface area (Å²) in [5.74, 6) is 0.788. The van der Waals surface area contributed by atoms with Gasteiger partial charge in [0.2, 0.25) is 0 Å². The van der Waals surface area contributed by atoms with Crippen LogP contribution in [0.4, 0.5) is 0 Å². The largest absolute Gasteiger partial charge is 0.396 e. The van der Waals surface area contributed by atoms with Crippen molar-refractivity contribution < 1.29 is 4.84 Å². The van der Waals surface area contributed by atoms with Gasteiger partial charge in [0.15, 0.2) is 0 Å². The molecule has 33 heavy (non-hydrogen) atoms. The summed E-state index contributed by atoms with van der Waals surface area (Å²) in [5.41, 5.74) is 6.44. The lowest BCUT2D eigenvalue weighted by atomic mass is 10.1. The van der Waals surface area contributed by atoms with Crippen LogP contribution in [-0.4, -0.2) is 32.3 Å². The first-order valence-electron chi connectivity index (χ1n) is 11.1. The fraction of sp³-hybridized carbons (Fsp3) is 0.222. The van der Waals surface area contributed by atoms with E-state index in [2.05, 4.69) is 27.3 Å². The first kappa shape index (κ1) is 22.3. The number of oxime groups is 1. The van der Waals surface area contributed by atoms with E-state index in [0.29, 0.717) is 13.0 Å². The van der Waals surface area contributed by atoms with Crippen molar-refractivity contribution in [1.29, 1.82) is 0 Å². The molecule has 0 spiro atoms. The number of aryl methyl sites for hydroxylation is 2. The van der Waals surface area contributed by atoms with E-state index in [1.54, 1.807) is 6.20 Å². The number of benzene rings is 1. The molecule has 0 aliphatic carbocycles. The Labute approximate surface area is 194 Å². The van der Waals surface area contributed by atoms with Gasteiger partial charge in [-0.25, -0.2) is 9.97 Å². The normalized spacial score (nSPS) is 11.4. The van der Waals surface area contributed by atoms with Crippen LogP contribution >= 0.6 is 0 Å². The van der Waals surface area contributed by atoms with Crippen molar-refractivity contribution in [3.05, 3.63) is 107 Å². The van der Waals surface area contributed by atoms with Gasteiger partial charge in [-0.1, -0.05) is 47.6 Å². The Kier molecular flexibility index (Phi) is 7.48. The molecule has 6 heteroatoms. The van der Waals surface area contributed by atoms with Gasteiger partial charge in [0, 0.05) is 24.0 Å². The second-order valence-electron chi connectivity index (χ2n) is 7.81. The number of hydrogen-bond acceptors (Lipinski definition) is 6. The van der Waals surface area contributed by atoms with E-state index < -0.39 is 0 Å². The first-order chi connectivity index (χ1) is 16.2. The summed E-state index contributed by atoms with van der Waals surface area (Å²) in [6, 6.07) is 24.0. The summed E-state index contributed by atoms with van der Waals surface area (Å²) in [5, 5.41) is 4.19. The summed E-state index contributed by atoms with van der Waals surface area (Å²) in [4.78, 5) is 23.9. The van der Waals surface area contributed by atoms with Crippen molar-refractivity contribution >= 4 is 5.71 Å². The van der Waals surface area contributed by atoms with Crippen molar-refractivity contribution in [2.75, 3.05) is 6.61 Å². The maximum Gasteiger partial charge on any atom is 0.133 e. The lowest BCUT2D eigenvalue weighted by Crippen LogP contribution is -2.02. The fourth-order valence-corrected chi connectivity index (χ4v) is 3.42.